The predicted molar refractivity (Wildman–Crippen MR) is 92.4 cm³/mol. The van der Waals surface area contributed by atoms with Gasteiger partial charge in [-0.15, -0.1) is 5.10 Å². The van der Waals surface area contributed by atoms with Crippen LogP contribution in [0.5, 0.6) is 11.6 Å². The number of halogens is 2. The van der Waals surface area contributed by atoms with Gasteiger partial charge in [-0.3, -0.25) is 9.59 Å². The summed E-state index contributed by atoms with van der Waals surface area (Å²) in [7, 11) is 0. The van der Waals surface area contributed by atoms with Crippen LogP contribution in [0, 0.1) is 0 Å². The topological polar surface area (TPSA) is 84.1 Å². The van der Waals surface area contributed by atoms with Gasteiger partial charge in [0.15, 0.2) is 5.75 Å². The van der Waals surface area contributed by atoms with Gasteiger partial charge in [-0.2, -0.15) is 0 Å². The van der Waals surface area contributed by atoms with Gasteiger partial charge in [0, 0.05) is 23.7 Å². The molecule has 0 bridgehead atoms. The van der Waals surface area contributed by atoms with Crippen LogP contribution in [0.3, 0.4) is 0 Å². The van der Waals surface area contributed by atoms with Gasteiger partial charge in [0.05, 0.1) is 10.0 Å². The van der Waals surface area contributed by atoms with Crippen LogP contribution < -0.4 is 15.6 Å². The largest absolute Gasteiger partial charge is 0.434 e. The van der Waals surface area contributed by atoms with Crippen molar-refractivity contribution >= 4 is 34.8 Å². The van der Waals surface area contributed by atoms with Gasteiger partial charge in [0.2, 0.25) is 11.8 Å². The monoisotopic (exact) mass is 367 g/mol. The molecule has 1 amide bonds. The molecule has 1 aliphatic rings. The molecule has 1 aromatic heterocycles. The third kappa shape index (κ3) is 3.12. The number of carbonyl (C=O) groups is 1. The van der Waals surface area contributed by atoms with Crippen molar-refractivity contribution in [2.75, 3.05) is 5.32 Å². The number of amides is 1. The Kier molecular flexibility index (Phi) is 4.51. The number of H-pyrrole nitrogens is 1. The number of fused-ring (bicyclic) bond motifs is 1. The SMILES string of the molecule is CC(=O)Nc1cc(Cl)c(Oc2n[nH]c(=O)c3c2CCC3C)c(Cl)c1. The Morgan fingerprint density at radius 3 is 2.67 bits per heavy atom. The lowest BCUT2D eigenvalue weighted by atomic mass is 10.1. The molecule has 126 valence electrons. The molecule has 0 saturated carbocycles. The van der Waals surface area contributed by atoms with Crippen molar-refractivity contribution in [3.05, 3.63) is 43.7 Å². The molecule has 2 N–H and O–H groups in total. The first-order valence-electron chi connectivity index (χ1n) is 7.42. The minimum Gasteiger partial charge on any atom is -0.434 e. The minimum absolute atomic E-state index is 0.155. The van der Waals surface area contributed by atoms with E-state index in [9.17, 15) is 9.59 Å². The van der Waals surface area contributed by atoms with E-state index >= 15 is 0 Å². The smallest absolute Gasteiger partial charge is 0.268 e. The number of anilines is 1. The molecule has 1 unspecified atom stereocenters. The highest BCUT2D eigenvalue weighted by Gasteiger charge is 2.27. The highest BCUT2D eigenvalue weighted by molar-refractivity contribution is 6.37. The van der Waals surface area contributed by atoms with Gasteiger partial charge in [-0.25, -0.2) is 5.10 Å². The number of benzene rings is 1. The molecular formula is C16H15Cl2N3O3. The van der Waals surface area contributed by atoms with E-state index in [4.69, 9.17) is 27.9 Å². The predicted octanol–water partition coefficient (Wildman–Crippen LogP) is 3.88. The van der Waals surface area contributed by atoms with Crippen LogP contribution in [0.1, 0.15) is 37.3 Å². The molecule has 1 aliphatic carbocycles. The van der Waals surface area contributed by atoms with Crippen LogP contribution in [-0.2, 0) is 11.2 Å². The number of nitrogens with one attached hydrogen (secondary N) is 2. The third-order valence-corrected chi connectivity index (χ3v) is 4.49. The first-order valence-corrected chi connectivity index (χ1v) is 8.18. The Labute approximate surface area is 148 Å². The van der Waals surface area contributed by atoms with Crippen LogP contribution in [0.4, 0.5) is 5.69 Å². The van der Waals surface area contributed by atoms with E-state index < -0.39 is 0 Å². The van der Waals surface area contributed by atoms with Crippen molar-refractivity contribution in [1.82, 2.24) is 10.2 Å². The Morgan fingerprint density at radius 2 is 2.04 bits per heavy atom. The molecule has 0 spiro atoms. The van der Waals surface area contributed by atoms with Crippen molar-refractivity contribution in [2.24, 2.45) is 0 Å². The van der Waals surface area contributed by atoms with Gasteiger partial charge >= 0.3 is 0 Å². The average molecular weight is 368 g/mol. The number of aromatic nitrogens is 2. The summed E-state index contributed by atoms with van der Waals surface area (Å²) in [5.74, 6) is 0.450. The molecule has 0 aliphatic heterocycles. The molecule has 1 aromatic carbocycles. The molecule has 0 saturated heterocycles. The first-order chi connectivity index (χ1) is 11.4. The van der Waals surface area contributed by atoms with Crippen LogP contribution in [0.15, 0.2) is 16.9 Å². The van der Waals surface area contributed by atoms with Crippen molar-refractivity contribution < 1.29 is 9.53 Å². The van der Waals surface area contributed by atoms with Crippen molar-refractivity contribution in [2.45, 2.75) is 32.6 Å². The summed E-state index contributed by atoms with van der Waals surface area (Å²) in [6.45, 7) is 3.38. The zero-order valence-electron chi connectivity index (χ0n) is 13.1. The highest BCUT2D eigenvalue weighted by Crippen LogP contribution is 2.41. The number of hydrogen-bond acceptors (Lipinski definition) is 4. The van der Waals surface area contributed by atoms with Crippen LogP contribution >= 0.6 is 23.2 Å². The van der Waals surface area contributed by atoms with E-state index in [-0.39, 0.29) is 33.2 Å². The lowest BCUT2D eigenvalue weighted by Gasteiger charge is -2.13. The van der Waals surface area contributed by atoms with Gasteiger partial charge in [0.1, 0.15) is 0 Å². The molecule has 24 heavy (non-hydrogen) atoms. The normalized spacial score (nSPS) is 15.9. The summed E-state index contributed by atoms with van der Waals surface area (Å²) in [5.41, 5.74) is 1.75. The summed E-state index contributed by atoms with van der Waals surface area (Å²) in [6.07, 6.45) is 1.57. The van der Waals surface area contributed by atoms with Gasteiger partial charge in [-0.1, -0.05) is 30.1 Å². The summed E-state index contributed by atoms with van der Waals surface area (Å²) >= 11 is 12.4. The van der Waals surface area contributed by atoms with E-state index in [1.807, 2.05) is 6.92 Å². The van der Waals surface area contributed by atoms with E-state index in [2.05, 4.69) is 15.5 Å². The van der Waals surface area contributed by atoms with Crippen molar-refractivity contribution in [3.63, 3.8) is 0 Å². The number of hydrogen-bond donors (Lipinski definition) is 2. The summed E-state index contributed by atoms with van der Waals surface area (Å²) in [6, 6.07) is 3.08. The molecule has 2 aromatic rings. The Hall–Kier alpha value is -2.05. The molecule has 1 heterocycles. The maximum absolute atomic E-state index is 11.9. The minimum atomic E-state index is -0.232. The molecular weight excluding hydrogens is 353 g/mol. The average Bonchev–Trinajstić information content (AvgIpc) is 2.87. The number of ether oxygens (including phenoxy) is 1. The van der Waals surface area contributed by atoms with Crippen molar-refractivity contribution in [1.29, 1.82) is 0 Å². The van der Waals surface area contributed by atoms with E-state index in [1.165, 1.54) is 6.92 Å². The summed E-state index contributed by atoms with van der Waals surface area (Å²) in [4.78, 5) is 23.1. The Bertz CT molecular complexity index is 856. The maximum atomic E-state index is 11.9. The van der Waals surface area contributed by atoms with E-state index in [1.54, 1.807) is 12.1 Å². The Morgan fingerprint density at radius 1 is 1.38 bits per heavy atom. The van der Waals surface area contributed by atoms with Crippen LogP contribution in [0.2, 0.25) is 10.0 Å². The van der Waals surface area contributed by atoms with Crippen LogP contribution in [-0.4, -0.2) is 16.1 Å². The fourth-order valence-electron chi connectivity index (χ4n) is 2.86. The summed E-state index contributed by atoms with van der Waals surface area (Å²) < 4.78 is 5.79. The second kappa shape index (κ2) is 6.45. The van der Waals surface area contributed by atoms with Gasteiger partial charge < -0.3 is 10.1 Å². The zero-order valence-corrected chi connectivity index (χ0v) is 14.6. The Balaban J connectivity index is 1.98. The van der Waals surface area contributed by atoms with Gasteiger partial charge in [-0.05, 0) is 30.9 Å². The summed E-state index contributed by atoms with van der Waals surface area (Å²) in [5, 5.41) is 9.52. The second-order valence-electron chi connectivity index (χ2n) is 5.74. The quantitative estimate of drug-likeness (QED) is 0.861. The lowest BCUT2D eigenvalue weighted by Crippen LogP contribution is -2.16. The molecule has 0 radical (unpaired) electrons. The molecule has 3 rings (SSSR count). The number of carbonyl (C=O) groups excluding carboxylic acids is 1. The van der Waals surface area contributed by atoms with Gasteiger partial charge in [0.25, 0.3) is 5.56 Å². The fourth-order valence-corrected chi connectivity index (χ4v) is 3.43. The first kappa shape index (κ1) is 16.8. The van der Waals surface area contributed by atoms with E-state index in [0.29, 0.717) is 23.6 Å². The zero-order chi connectivity index (χ0) is 17.4. The lowest BCUT2D eigenvalue weighted by molar-refractivity contribution is -0.114. The van der Waals surface area contributed by atoms with E-state index in [0.717, 1.165) is 12.0 Å². The molecule has 0 fully saturated rings. The fraction of sp³-hybridized carbons (Fsp3) is 0.312. The molecule has 8 heteroatoms. The number of rotatable bonds is 3. The standard InChI is InChI=1S/C16H15Cl2N3O3/c1-7-3-4-10-13(7)15(23)20-21-16(10)24-14-11(17)5-9(6-12(14)18)19-8(2)22/h5-7H,3-4H2,1-2H3,(H,19,22)(H,20,23). The maximum Gasteiger partial charge on any atom is 0.268 e. The second-order valence-corrected chi connectivity index (χ2v) is 6.56. The number of nitrogens with zero attached hydrogens (tertiary/aromatic N) is 1. The third-order valence-electron chi connectivity index (χ3n) is 3.92. The van der Waals surface area contributed by atoms with Crippen molar-refractivity contribution in [3.8, 4) is 11.6 Å². The van der Waals surface area contributed by atoms with Crippen LogP contribution in [0.25, 0.3) is 0 Å². The molecule has 1 atom stereocenters. The molecule has 6 nitrogen and oxygen atoms in total. The number of aromatic amines is 1. The highest BCUT2D eigenvalue weighted by atomic mass is 35.5.